The summed E-state index contributed by atoms with van der Waals surface area (Å²) in [6.07, 6.45) is -0.751. The summed E-state index contributed by atoms with van der Waals surface area (Å²) < 4.78 is 38.9. The number of hydrogen-bond donors (Lipinski definition) is 2. The number of carbonyl (C=O) groups is 1. The van der Waals surface area contributed by atoms with Crippen LogP contribution >= 0.6 is 0 Å². The molecule has 1 fully saturated rings. The molecule has 1 aliphatic heterocycles. The van der Waals surface area contributed by atoms with Crippen molar-refractivity contribution in [3.05, 3.63) is 0 Å². The highest BCUT2D eigenvalue weighted by Crippen LogP contribution is 2.30. The van der Waals surface area contributed by atoms with Gasteiger partial charge in [0.1, 0.15) is 6.10 Å². The minimum Gasteiger partial charge on any atom is -0.454 e. The van der Waals surface area contributed by atoms with E-state index in [4.69, 9.17) is 14.6 Å². The molecule has 1 rings (SSSR count). The van der Waals surface area contributed by atoms with Crippen LogP contribution in [0.4, 0.5) is 0 Å². The first-order chi connectivity index (χ1) is 8.70. The van der Waals surface area contributed by atoms with E-state index in [2.05, 4.69) is 8.37 Å². The van der Waals surface area contributed by atoms with Crippen molar-refractivity contribution >= 4 is 16.4 Å². The summed E-state index contributed by atoms with van der Waals surface area (Å²) in [5, 5.41) is 17.9. The summed E-state index contributed by atoms with van der Waals surface area (Å²) in [7, 11) is -4.33. The molecule has 10 heteroatoms. The summed E-state index contributed by atoms with van der Waals surface area (Å²) in [4.78, 5) is 11.5. The number of rotatable bonds is 7. The predicted molar refractivity (Wildman–Crippen MR) is 58.7 cm³/mol. The normalized spacial score (nSPS) is 21.7. The van der Waals surface area contributed by atoms with Crippen LogP contribution < -0.4 is 0 Å². The lowest BCUT2D eigenvalue weighted by Crippen LogP contribution is -2.58. The predicted octanol–water partition coefficient (Wildman–Crippen LogP) is -1.50. The van der Waals surface area contributed by atoms with Gasteiger partial charge in [-0.2, -0.15) is 16.8 Å². The maximum Gasteiger partial charge on any atom is 0.416 e. The summed E-state index contributed by atoms with van der Waals surface area (Å²) in [6, 6.07) is 0. The highest BCUT2D eigenvalue weighted by Gasteiger charge is 2.60. The van der Waals surface area contributed by atoms with Crippen LogP contribution in [0.25, 0.3) is 0 Å². The van der Waals surface area contributed by atoms with E-state index in [1.165, 1.54) is 0 Å². The van der Waals surface area contributed by atoms with Crippen molar-refractivity contribution in [2.24, 2.45) is 5.92 Å². The van der Waals surface area contributed by atoms with Gasteiger partial charge in [0.15, 0.2) is 0 Å². The monoisotopic (exact) mass is 300 g/mol. The number of ether oxygens (including phenoxy) is 2. The molecule has 1 unspecified atom stereocenters. The summed E-state index contributed by atoms with van der Waals surface area (Å²) in [5.74, 6) is -4.47. The van der Waals surface area contributed by atoms with Crippen molar-refractivity contribution in [3.8, 4) is 0 Å². The summed E-state index contributed by atoms with van der Waals surface area (Å²) >= 11 is 0. The van der Waals surface area contributed by atoms with Crippen LogP contribution in [0, 0.1) is 5.92 Å². The van der Waals surface area contributed by atoms with Crippen molar-refractivity contribution in [1.82, 2.24) is 0 Å². The number of carbonyl (C=O) groups excluding carboxylic acids is 1. The molecule has 0 spiro atoms. The molecule has 0 aromatic heterocycles. The maximum atomic E-state index is 11.5. The molecule has 0 amide bonds. The lowest BCUT2D eigenvalue weighted by molar-refractivity contribution is -0.319. The van der Waals surface area contributed by atoms with Gasteiger partial charge in [-0.1, -0.05) is 13.8 Å². The summed E-state index contributed by atoms with van der Waals surface area (Å²) in [5.41, 5.74) is 0. The van der Waals surface area contributed by atoms with E-state index in [9.17, 15) is 18.3 Å². The molecule has 0 aromatic carbocycles. The molecule has 0 radical (unpaired) electrons. The molecule has 112 valence electrons. The van der Waals surface area contributed by atoms with Crippen LogP contribution in [0.2, 0.25) is 0 Å². The van der Waals surface area contributed by atoms with Crippen molar-refractivity contribution in [2.75, 3.05) is 19.8 Å². The Hall–Kier alpha value is -0.780. The molecule has 2 N–H and O–H groups in total. The van der Waals surface area contributed by atoms with Crippen molar-refractivity contribution in [2.45, 2.75) is 25.9 Å². The van der Waals surface area contributed by atoms with Crippen LogP contribution in [-0.2, 0) is 33.0 Å². The highest BCUT2D eigenvalue weighted by molar-refractivity contribution is 7.82. The first-order valence-corrected chi connectivity index (χ1v) is 6.82. The van der Waals surface area contributed by atoms with E-state index < -0.39 is 28.4 Å². The van der Waals surface area contributed by atoms with Crippen molar-refractivity contribution in [3.63, 3.8) is 0 Å². The molecular weight excluding hydrogens is 284 g/mol. The number of aliphatic hydroxyl groups excluding tert-OH is 1. The Kier molecular flexibility index (Phi) is 5.24. The molecule has 19 heavy (non-hydrogen) atoms. The van der Waals surface area contributed by atoms with Crippen LogP contribution in [0.1, 0.15) is 13.8 Å². The maximum absolute atomic E-state index is 11.5. The fourth-order valence-electron chi connectivity index (χ4n) is 1.19. The molecule has 1 heterocycles. The fourth-order valence-corrected chi connectivity index (χ4v) is 1.89. The molecule has 9 nitrogen and oxygen atoms in total. The molecule has 1 atom stereocenters. The molecule has 0 bridgehead atoms. The second kappa shape index (κ2) is 6.11. The average Bonchev–Trinajstić information content (AvgIpc) is 2.24. The smallest absolute Gasteiger partial charge is 0.416 e. The Morgan fingerprint density at radius 1 is 1.37 bits per heavy atom. The van der Waals surface area contributed by atoms with Gasteiger partial charge in [-0.15, -0.1) is 0 Å². The van der Waals surface area contributed by atoms with Gasteiger partial charge in [-0.3, -0.25) is 0 Å². The zero-order valence-corrected chi connectivity index (χ0v) is 11.3. The van der Waals surface area contributed by atoms with E-state index in [-0.39, 0.29) is 25.7 Å². The van der Waals surface area contributed by atoms with Crippen LogP contribution in [0.15, 0.2) is 0 Å². The molecule has 0 saturated carbocycles. The SMILES string of the molecule is CC(C)C(COCCO)OC(=O)C1(O)OS(=O)(=O)O1. The largest absolute Gasteiger partial charge is 0.454 e. The number of esters is 1. The van der Waals surface area contributed by atoms with Gasteiger partial charge in [-0.05, 0) is 5.92 Å². The molecule has 1 saturated heterocycles. The van der Waals surface area contributed by atoms with E-state index in [1.807, 2.05) is 0 Å². The lowest BCUT2D eigenvalue weighted by atomic mass is 10.1. The fraction of sp³-hybridized carbons (Fsp3) is 0.889. The highest BCUT2D eigenvalue weighted by atomic mass is 32.3. The number of hydrogen-bond acceptors (Lipinski definition) is 9. The van der Waals surface area contributed by atoms with Gasteiger partial charge >= 0.3 is 22.3 Å². The van der Waals surface area contributed by atoms with Gasteiger partial charge in [0.2, 0.25) is 0 Å². The van der Waals surface area contributed by atoms with Crippen LogP contribution in [0.5, 0.6) is 0 Å². The minimum absolute atomic E-state index is 0.0210. The van der Waals surface area contributed by atoms with Gasteiger partial charge in [0.25, 0.3) is 0 Å². The topological polar surface area (TPSA) is 129 Å². The summed E-state index contributed by atoms with van der Waals surface area (Å²) in [6.45, 7) is 3.31. The Morgan fingerprint density at radius 2 is 1.95 bits per heavy atom. The third-order valence-electron chi connectivity index (χ3n) is 2.21. The van der Waals surface area contributed by atoms with Crippen molar-refractivity contribution < 1.29 is 41.3 Å². The van der Waals surface area contributed by atoms with E-state index in [0.29, 0.717) is 0 Å². The van der Waals surface area contributed by atoms with E-state index in [1.54, 1.807) is 13.8 Å². The van der Waals surface area contributed by atoms with Crippen LogP contribution in [0.3, 0.4) is 0 Å². The van der Waals surface area contributed by atoms with E-state index in [0.717, 1.165) is 0 Å². The lowest BCUT2D eigenvalue weighted by Gasteiger charge is -2.32. The first kappa shape index (κ1) is 16.3. The Balaban J connectivity index is 2.52. The minimum atomic E-state index is -4.33. The Bertz CT molecular complexity index is 403. The van der Waals surface area contributed by atoms with Crippen LogP contribution in [-0.4, -0.2) is 56.5 Å². The zero-order valence-electron chi connectivity index (χ0n) is 10.4. The van der Waals surface area contributed by atoms with Gasteiger partial charge < -0.3 is 19.7 Å². The van der Waals surface area contributed by atoms with Gasteiger partial charge in [0.05, 0.1) is 19.8 Å². The third-order valence-corrected chi connectivity index (χ3v) is 3.07. The second-order valence-corrected chi connectivity index (χ2v) is 5.29. The number of aliphatic hydroxyl groups is 2. The van der Waals surface area contributed by atoms with Crippen molar-refractivity contribution in [1.29, 1.82) is 0 Å². The molecule has 0 aromatic rings. The zero-order chi connectivity index (χ0) is 14.7. The standard InChI is InChI=1S/C9H16O9S/c1-6(2)7(5-15-4-3-10)16-8(11)9(12)17-19(13,14)18-9/h6-7,10,12H,3-5H2,1-2H3. The first-order valence-electron chi connectivity index (χ1n) is 5.48. The molecule has 0 aliphatic carbocycles. The quantitative estimate of drug-likeness (QED) is 0.426. The van der Waals surface area contributed by atoms with Gasteiger partial charge in [0, 0.05) is 0 Å². The Morgan fingerprint density at radius 3 is 2.37 bits per heavy atom. The van der Waals surface area contributed by atoms with Gasteiger partial charge in [-0.25, -0.2) is 4.79 Å². The third kappa shape index (κ3) is 4.37. The molecule has 1 aliphatic rings. The average molecular weight is 300 g/mol. The molecular formula is C9H16O9S. The van der Waals surface area contributed by atoms with E-state index >= 15 is 0 Å². The second-order valence-electron chi connectivity index (χ2n) is 4.14. The Labute approximate surface area is 110 Å².